The smallest absolute Gasteiger partial charge is 0.257 e. The van der Waals surface area contributed by atoms with Crippen LogP contribution < -0.4 is 5.32 Å². The van der Waals surface area contributed by atoms with Crippen molar-refractivity contribution in [2.75, 3.05) is 38.5 Å². The Balaban J connectivity index is 1.77. The van der Waals surface area contributed by atoms with E-state index in [1.165, 1.54) is 18.9 Å². The highest BCUT2D eigenvalue weighted by Crippen LogP contribution is 2.23. The second-order valence-electron chi connectivity index (χ2n) is 5.74. The molecule has 21 heavy (non-hydrogen) atoms. The largest absolute Gasteiger partial charge is 0.372 e. The predicted molar refractivity (Wildman–Crippen MR) is 78.9 cm³/mol. The van der Waals surface area contributed by atoms with E-state index in [2.05, 4.69) is 15.2 Å². The molecule has 2 saturated heterocycles. The number of aromatic nitrogens is 1. The van der Waals surface area contributed by atoms with Crippen LogP contribution in [0, 0.1) is 5.82 Å². The Labute approximate surface area is 124 Å². The summed E-state index contributed by atoms with van der Waals surface area (Å²) < 4.78 is 13.4. The number of carbonyl (C=O) groups is 1. The van der Waals surface area contributed by atoms with Crippen molar-refractivity contribution in [1.82, 2.24) is 14.8 Å². The summed E-state index contributed by atoms with van der Waals surface area (Å²) in [5.74, 6) is -0.169. The minimum Gasteiger partial charge on any atom is -0.372 e. The molecular formula is C15H21FN4O. The van der Waals surface area contributed by atoms with Gasteiger partial charge in [0.05, 0.1) is 11.8 Å². The topological polar surface area (TPSA) is 48.5 Å². The van der Waals surface area contributed by atoms with Crippen LogP contribution in [-0.2, 0) is 0 Å². The number of nitrogens with zero attached hydrogens (tertiary/aromatic N) is 3. The third-order valence-electron chi connectivity index (χ3n) is 4.45. The van der Waals surface area contributed by atoms with Crippen molar-refractivity contribution in [3.63, 3.8) is 0 Å². The van der Waals surface area contributed by atoms with Gasteiger partial charge in [0.1, 0.15) is 11.6 Å². The SMILES string of the molecule is CNc1ncc(F)cc1C(=O)N1CCN2CCCCC2C1. The molecule has 0 radical (unpaired) electrons. The Kier molecular flexibility index (Phi) is 4.05. The quantitative estimate of drug-likeness (QED) is 0.899. The molecule has 6 heteroatoms. The average molecular weight is 292 g/mol. The molecule has 1 N–H and O–H groups in total. The number of nitrogens with one attached hydrogen (secondary N) is 1. The number of fused-ring (bicyclic) bond motifs is 1. The van der Waals surface area contributed by atoms with Gasteiger partial charge in [-0.25, -0.2) is 9.37 Å². The summed E-state index contributed by atoms with van der Waals surface area (Å²) in [5, 5.41) is 2.86. The van der Waals surface area contributed by atoms with Gasteiger partial charge >= 0.3 is 0 Å². The zero-order valence-corrected chi connectivity index (χ0v) is 12.3. The van der Waals surface area contributed by atoms with Gasteiger partial charge in [0.15, 0.2) is 0 Å². The molecule has 5 nitrogen and oxygen atoms in total. The number of rotatable bonds is 2. The summed E-state index contributed by atoms with van der Waals surface area (Å²) in [6, 6.07) is 1.73. The van der Waals surface area contributed by atoms with Gasteiger partial charge in [-0.1, -0.05) is 6.42 Å². The molecule has 0 aromatic carbocycles. The maximum atomic E-state index is 13.4. The van der Waals surface area contributed by atoms with Crippen LogP contribution in [0.25, 0.3) is 0 Å². The number of piperidine rings is 1. The van der Waals surface area contributed by atoms with Gasteiger partial charge in [-0.15, -0.1) is 0 Å². The average Bonchev–Trinajstić information content (AvgIpc) is 2.53. The van der Waals surface area contributed by atoms with Crippen molar-refractivity contribution >= 4 is 11.7 Å². The zero-order chi connectivity index (χ0) is 14.8. The predicted octanol–water partition coefficient (Wildman–Crippen LogP) is 1.57. The van der Waals surface area contributed by atoms with Crippen LogP contribution >= 0.6 is 0 Å². The lowest BCUT2D eigenvalue weighted by Gasteiger charge is -2.44. The van der Waals surface area contributed by atoms with E-state index >= 15 is 0 Å². The number of hydrogen-bond acceptors (Lipinski definition) is 4. The van der Waals surface area contributed by atoms with Gasteiger partial charge in [-0.05, 0) is 25.5 Å². The highest BCUT2D eigenvalue weighted by molar-refractivity contribution is 5.98. The molecule has 2 fully saturated rings. The van der Waals surface area contributed by atoms with Crippen LogP contribution in [0.3, 0.4) is 0 Å². The fraction of sp³-hybridized carbons (Fsp3) is 0.600. The summed E-state index contributed by atoms with van der Waals surface area (Å²) in [4.78, 5) is 20.9. The van der Waals surface area contributed by atoms with Crippen molar-refractivity contribution in [3.8, 4) is 0 Å². The molecule has 2 aliphatic rings. The lowest BCUT2D eigenvalue weighted by atomic mass is 9.99. The molecule has 114 valence electrons. The third-order valence-corrected chi connectivity index (χ3v) is 4.45. The number of amides is 1. The van der Waals surface area contributed by atoms with Crippen LogP contribution in [0.1, 0.15) is 29.6 Å². The van der Waals surface area contributed by atoms with Gasteiger partial charge in [0.25, 0.3) is 5.91 Å². The summed E-state index contributed by atoms with van der Waals surface area (Å²) in [5.41, 5.74) is 0.321. The van der Waals surface area contributed by atoms with E-state index in [9.17, 15) is 9.18 Å². The first kappa shape index (κ1) is 14.3. The van der Waals surface area contributed by atoms with Gasteiger partial charge in [-0.2, -0.15) is 0 Å². The second-order valence-corrected chi connectivity index (χ2v) is 5.74. The van der Waals surface area contributed by atoms with Gasteiger partial charge in [-0.3, -0.25) is 9.69 Å². The van der Waals surface area contributed by atoms with E-state index in [0.29, 0.717) is 24.0 Å². The molecule has 1 aromatic rings. The van der Waals surface area contributed by atoms with Gasteiger partial charge in [0, 0.05) is 32.7 Å². The molecule has 2 aliphatic heterocycles. The van der Waals surface area contributed by atoms with Gasteiger partial charge < -0.3 is 10.2 Å². The minimum absolute atomic E-state index is 0.128. The van der Waals surface area contributed by atoms with Crippen LogP contribution in [0.15, 0.2) is 12.3 Å². The van der Waals surface area contributed by atoms with Crippen molar-refractivity contribution in [1.29, 1.82) is 0 Å². The first-order valence-corrected chi connectivity index (χ1v) is 7.55. The van der Waals surface area contributed by atoms with Crippen LogP contribution in [-0.4, -0.2) is 60.0 Å². The van der Waals surface area contributed by atoms with E-state index in [1.807, 2.05) is 4.90 Å². The van der Waals surface area contributed by atoms with E-state index in [4.69, 9.17) is 0 Å². The van der Waals surface area contributed by atoms with E-state index < -0.39 is 5.82 Å². The summed E-state index contributed by atoms with van der Waals surface area (Å²) >= 11 is 0. The maximum absolute atomic E-state index is 13.4. The Morgan fingerprint density at radius 2 is 2.24 bits per heavy atom. The van der Waals surface area contributed by atoms with Crippen LogP contribution in [0.2, 0.25) is 0 Å². The first-order chi connectivity index (χ1) is 10.2. The molecule has 1 aromatic heterocycles. The number of pyridine rings is 1. The molecule has 3 heterocycles. The molecule has 0 saturated carbocycles. The van der Waals surface area contributed by atoms with Crippen LogP contribution in [0.5, 0.6) is 0 Å². The summed E-state index contributed by atoms with van der Waals surface area (Å²) in [6.45, 7) is 3.48. The molecule has 1 amide bonds. The Hall–Kier alpha value is -1.69. The number of piperazine rings is 1. The zero-order valence-electron chi connectivity index (χ0n) is 12.3. The molecule has 1 unspecified atom stereocenters. The highest BCUT2D eigenvalue weighted by Gasteiger charge is 2.32. The lowest BCUT2D eigenvalue weighted by molar-refractivity contribution is 0.0372. The lowest BCUT2D eigenvalue weighted by Crippen LogP contribution is -2.56. The third kappa shape index (κ3) is 2.85. The molecule has 0 spiro atoms. The minimum atomic E-state index is -0.478. The fourth-order valence-corrected chi connectivity index (χ4v) is 3.31. The monoisotopic (exact) mass is 292 g/mol. The maximum Gasteiger partial charge on any atom is 0.257 e. The van der Waals surface area contributed by atoms with E-state index in [-0.39, 0.29) is 5.91 Å². The molecular weight excluding hydrogens is 271 g/mol. The number of hydrogen-bond donors (Lipinski definition) is 1. The number of anilines is 1. The standard InChI is InChI=1S/C15H21FN4O/c1-17-14-13(8-11(16)9-18-14)15(21)20-7-6-19-5-3-2-4-12(19)10-20/h8-9,12H,2-7,10H2,1H3,(H,17,18). The van der Waals surface area contributed by atoms with E-state index in [0.717, 1.165) is 32.3 Å². The molecule has 0 aliphatic carbocycles. The van der Waals surface area contributed by atoms with Crippen molar-refractivity contribution in [3.05, 3.63) is 23.6 Å². The first-order valence-electron chi connectivity index (χ1n) is 7.55. The highest BCUT2D eigenvalue weighted by atomic mass is 19.1. The van der Waals surface area contributed by atoms with Crippen molar-refractivity contribution in [2.24, 2.45) is 0 Å². The number of carbonyl (C=O) groups excluding carboxylic acids is 1. The molecule has 1 atom stereocenters. The fourth-order valence-electron chi connectivity index (χ4n) is 3.31. The van der Waals surface area contributed by atoms with Crippen molar-refractivity contribution < 1.29 is 9.18 Å². The Morgan fingerprint density at radius 3 is 3.05 bits per heavy atom. The Morgan fingerprint density at radius 1 is 1.38 bits per heavy atom. The normalized spacial score (nSPS) is 22.8. The summed E-state index contributed by atoms with van der Waals surface area (Å²) in [7, 11) is 1.69. The molecule has 3 rings (SSSR count). The van der Waals surface area contributed by atoms with Crippen LogP contribution in [0.4, 0.5) is 10.2 Å². The second kappa shape index (κ2) is 5.97. The van der Waals surface area contributed by atoms with E-state index in [1.54, 1.807) is 7.05 Å². The molecule has 0 bridgehead atoms. The van der Waals surface area contributed by atoms with Gasteiger partial charge in [0.2, 0.25) is 0 Å². The summed E-state index contributed by atoms with van der Waals surface area (Å²) in [6.07, 6.45) is 4.75. The number of halogens is 1. The Bertz CT molecular complexity index is 536. The van der Waals surface area contributed by atoms with Crippen molar-refractivity contribution in [2.45, 2.75) is 25.3 Å².